The summed E-state index contributed by atoms with van der Waals surface area (Å²) in [5, 5.41) is 15.3. The van der Waals surface area contributed by atoms with Crippen LogP contribution in [0.4, 0.5) is 11.5 Å². The van der Waals surface area contributed by atoms with E-state index in [2.05, 4.69) is 35.8 Å². The van der Waals surface area contributed by atoms with Gasteiger partial charge >= 0.3 is 0 Å². The van der Waals surface area contributed by atoms with Gasteiger partial charge in [0.1, 0.15) is 17.0 Å². The number of thiophene rings is 1. The van der Waals surface area contributed by atoms with Crippen molar-refractivity contribution in [1.29, 1.82) is 0 Å². The van der Waals surface area contributed by atoms with E-state index in [-0.39, 0.29) is 17.9 Å². The highest BCUT2D eigenvalue weighted by atomic mass is 32.1. The van der Waals surface area contributed by atoms with E-state index in [0.717, 1.165) is 52.0 Å². The number of rotatable bonds is 4. The van der Waals surface area contributed by atoms with Gasteiger partial charge in [0.2, 0.25) is 5.91 Å². The summed E-state index contributed by atoms with van der Waals surface area (Å²) in [6.07, 6.45) is 7.55. The first-order chi connectivity index (χ1) is 14.1. The molecule has 1 aliphatic rings. The lowest BCUT2D eigenvalue weighted by atomic mass is 9.87. The molecule has 1 aliphatic carbocycles. The monoisotopic (exact) mass is 407 g/mol. The first-order valence-electron chi connectivity index (χ1n) is 9.70. The summed E-state index contributed by atoms with van der Waals surface area (Å²) in [5.41, 5.74) is 2.87. The van der Waals surface area contributed by atoms with Crippen LogP contribution in [0.1, 0.15) is 30.7 Å². The Bertz CT molecular complexity index is 1210. The van der Waals surface area contributed by atoms with Crippen molar-refractivity contribution in [2.24, 2.45) is 5.92 Å². The number of pyridine rings is 1. The Kier molecular flexibility index (Phi) is 4.39. The average Bonchev–Trinajstić information content (AvgIpc) is 3.31. The maximum Gasteiger partial charge on any atom is 0.223 e. The van der Waals surface area contributed by atoms with Gasteiger partial charge in [0, 0.05) is 22.2 Å². The number of amides is 1. The Hall–Kier alpha value is -3.07. The highest BCUT2D eigenvalue weighted by Crippen LogP contribution is 2.40. The van der Waals surface area contributed by atoms with E-state index in [9.17, 15) is 4.79 Å². The topological polar surface area (TPSA) is 108 Å². The third-order valence-electron chi connectivity index (χ3n) is 5.20. The number of fused-ring (bicyclic) bond motifs is 4. The van der Waals surface area contributed by atoms with Crippen LogP contribution in [-0.4, -0.2) is 37.1 Å². The molecular formula is C20H21N7OS. The van der Waals surface area contributed by atoms with Gasteiger partial charge in [0.25, 0.3) is 0 Å². The number of anilines is 2. The van der Waals surface area contributed by atoms with Crippen molar-refractivity contribution in [1.82, 2.24) is 30.5 Å². The fraction of sp³-hybridized carbons (Fsp3) is 0.350. The van der Waals surface area contributed by atoms with Gasteiger partial charge in [-0.1, -0.05) is 0 Å². The number of nitrogens with one attached hydrogen (secondary N) is 3. The number of carbonyl (C=O) groups is 1. The second-order valence-electron chi connectivity index (χ2n) is 7.67. The second-order valence-corrected chi connectivity index (χ2v) is 8.75. The van der Waals surface area contributed by atoms with Crippen LogP contribution in [-0.2, 0) is 17.6 Å². The lowest BCUT2D eigenvalue weighted by Crippen LogP contribution is -2.37. The third-order valence-corrected chi connectivity index (χ3v) is 6.36. The smallest absolute Gasteiger partial charge is 0.223 e. The van der Waals surface area contributed by atoms with Crippen molar-refractivity contribution in [2.45, 2.75) is 39.2 Å². The van der Waals surface area contributed by atoms with Crippen LogP contribution in [0.5, 0.6) is 0 Å². The SMILES string of the molecule is CC(C)NC(=O)[C@H]1CCc2c(sc3ncnc(Nc4cnc5[nH]ncc5c4)c23)C1. The fourth-order valence-corrected chi connectivity index (χ4v) is 5.14. The van der Waals surface area contributed by atoms with E-state index in [1.54, 1.807) is 30.1 Å². The molecule has 0 aromatic carbocycles. The van der Waals surface area contributed by atoms with Crippen molar-refractivity contribution in [3.63, 3.8) is 0 Å². The largest absolute Gasteiger partial charge is 0.354 e. The van der Waals surface area contributed by atoms with Crippen molar-refractivity contribution in [2.75, 3.05) is 5.32 Å². The van der Waals surface area contributed by atoms with E-state index in [0.29, 0.717) is 0 Å². The summed E-state index contributed by atoms with van der Waals surface area (Å²) in [4.78, 5) is 28.0. The van der Waals surface area contributed by atoms with Gasteiger partial charge in [-0.05, 0) is 44.7 Å². The van der Waals surface area contributed by atoms with E-state index >= 15 is 0 Å². The zero-order valence-corrected chi connectivity index (χ0v) is 17.0. The van der Waals surface area contributed by atoms with Crippen LogP contribution in [0.25, 0.3) is 21.3 Å². The Morgan fingerprint density at radius 1 is 1.28 bits per heavy atom. The second kappa shape index (κ2) is 7.07. The number of aromatic amines is 1. The van der Waals surface area contributed by atoms with E-state index < -0.39 is 0 Å². The quantitative estimate of drug-likeness (QED) is 0.479. The van der Waals surface area contributed by atoms with Crippen LogP contribution in [0.3, 0.4) is 0 Å². The predicted molar refractivity (Wildman–Crippen MR) is 113 cm³/mol. The first-order valence-corrected chi connectivity index (χ1v) is 10.5. The van der Waals surface area contributed by atoms with Crippen molar-refractivity contribution < 1.29 is 4.79 Å². The van der Waals surface area contributed by atoms with Gasteiger partial charge < -0.3 is 10.6 Å². The molecule has 1 atom stereocenters. The molecule has 1 amide bonds. The molecule has 0 fully saturated rings. The number of H-pyrrole nitrogens is 1. The summed E-state index contributed by atoms with van der Waals surface area (Å²) < 4.78 is 0. The standard InChI is InChI=1S/C20H21N7OS/c1-10(2)25-19(28)11-3-4-14-15(6-11)29-20-16(14)18(22-9-23-20)26-13-5-12-7-24-27-17(12)21-8-13/h5,7-11H,3-4,6H2,1-2H3,(H,25,28)(H,21,24,27)(H,22,23,26)/t11-/m0/s1. The molecule has 0 aliphatic heterocycles. The summed E-state index contributed by atoms with van der Waals surface area (Å²) in [5.74, 6) is 0.948. The number of aromatic nitrogens is 5. The fourth-order valence-electron chi connectivity index (χ4n) is 3.87. The van der Waals surface area contributed by atoms with Crippen LogP contribution >= 0.6 is 11.3 Å². The van der Waals surface area contributed by atoms with Gasteiger partial charge in [-0.25, -0.2) is 15.0 Å². The molecule has 0 saturated carbocycles. The molecule has 0 saturated heterocycles. The lowest BCUT2D eigenvalue weighted by molar-refractivity contribution is -0.125. The van der Waals surface area contributed by atoms with Gasteiger partial charge in [-0.2, -0.15) is 5.10 Å². The van der Waals surface area contributed by atoms with Crippen molar-refractivity contribution in [3.8, 4) is 0 Å². The number of aryl methyl sites for hydroxylation is 1. The molecule has 29 heavy (non-hydrogen) atoms. The molecule has 0 unspecified atom stereocenters. The average molecular weight is 408 g/mol. The van der Waals surface area contributed by atoms with E-state index in [4.69, 9.17) is 0 Å². The van der Waals surface area contributed by atoms with Gasteiger partial charge in [-0.3, -0.25) is 9.89 Å². The predicted octanol–water partition coefficient (Wildman–Crippen LogP) is 3.34. The van der Waals surface area contributed by atoms with Gasteiger partial charge in [-0.15, -0.1) is 11.3 Å². The zero-order chi connectivity index (χ0) is 20.0. The minimum absolute atomic E-state index is 0.0232. The highest BCUT2D eigenvalue weighted by Gasteiger charge is 2.29. The Morgan fingerprint density at radius 2 is 2.17 bits per heavy atom. The summed E-state index contributed by atoms with van der Waals surface area (Å²) in [6.45, 7) is 3.99. The Labute approximate surface area is 171 Å². The number of carbonyl (C=O) groups excluding carboxylic acids is 1. The minimum atomic E-state index is 0.0232. The van der Waals surface area contributed by atoms with Gasteiger partial charge in [0.15, 0.2) is 5.65 Å². The van der Waals surface area contributed by atoms with E-state index in [1.807, 2.05) is 19.9 Å². The van der Waals surface area contributed by atoms with Crippen LogP contribution in [0.2, 0.25) is 0 Å². The molecule has 0 radical (unpaired) electrons. The van der Waals surface area contributed by atoms with Crippen molar-refractivity contribution >= 4 is 50.0 Å². The lowest BCUT2D eigenvalue weighted by Gasteiger charge is -2.22. The maximum absolute atomic E-state index is 12.5. The molecule has 0 spiro atoms. The molecule has 9 heteroatoms. The summed E-state index contributed by atoms with van der Waals surface area (Å²) in [7, 11) is 0. The zero-order valence-electron chi connectivity index (χ0n) is 16.2. The molecule has 5 rings (SSSR count). The normalized spacial score (nSPS) is 16.3. The number of hydrogen-bond donors (Lipinski definition) is 3. The highest BCUT2D eigenvalue weighted by molar-refractivity contribution is 7.19. The molecule has 4 aromatic heterocycles. The van der Waals surface area contributed by atoms with Crippen LogP contribution in [0.15, 0.2) is 24.8 Å². The summed E-state index contributed by atoms with van der Waals surface area (Å²) in [6, 6.07) is 2.15. The van der Waals surface area contributed by atoms with E-state index in [1.165, 1.54) is 10.4 Å². The minimum Gasteiger partial charge on any atom is -0.354 e. The van der Waals surface area contributed by atoms with Crippen LogP contribution in [0, 0.1) is 5.92 Å². The molecular weight excluding hydrogens is 386 g/mol. The van der Waals surface area contributed by atoms with Crippen molar-refractivity contribution in [3.05, 3.63) is 35.2 Å². The number of nitrogens with zero attached hydrogens (tertiary/aromatic N) is 4. The van der Waals surface area contributed by atoms with Crippen LogP contribution < -0.4 is 10.6 Å². The maximum atomic E-state index is 12.5. The number of hydrogen-bond acceptors (Lipinski definition) is 7. The Balaban J connectivity index is 1.47. The summed E-state index contributed by atoms with van der Waals surface area (Å²) >= 11 is 1.67. The first kappa shape index (κ1) is 18.0. The third kappa shape index (κ3) is 3.31. The molecule has 0 bridgehead atoms. The molecule has 8 nitrogen and oxygen atoms in total. The van der Waals surface area contributed by atoms with Gasteiger partial charge in [0.05, 0.1) is 23.5 Å². The molecule has 4 heterocycles. The molecule has 4 aromatic rings. The molecule has 3 N–H and O–H groups in total. The Morgan fingerprint density at radius 3 is 3.03 bits per heavy atom. The molecule has 148 valence electrons.